The molecule has 0 saturated carbocycles. The molecule has 24 heavy (non-hydrogen) atoms. The summed E-state index contributed by atoms with van der Waals surface area (Å²) in [6.45, 7) is 17.6. The molecule has 1 heterocycles. The Labute approximate surface area is 151 Å². The minimum Gasteiger partial charge on any atom is -0.273 e. The molecule has 2 heteroatoms. The number of aromatic nitrogens is 2. The first-order chi connectivity index (χ1) is 11.7. The van der Waals surface area contributed by atoms with Gasteiger partial charge in [0.05, 0.1) is 5.69 Å². The predicted molar refractivity (Wildman–Crippen MR) is 110 cm³/mol. The van der Waals surface area contributed by atoms with E-state index in [9.17, 15) is 0 Å². The lowest BCUT2D eigenvalue weighted by Gasteiger charge is -1.97. The molecule has 0 aliphatic heterocycles. The van der Waals surface area contributed by atoms with Gasteiger partial charge >= 0.3 is 0 Å². The first-order valence-electron chi connectivity index (χ1n) is 9.83. The molecule has 0 N–H and O–H groups in total. The van der Waals surface area contributed by atoms with Crippen molar-refractivity contribution in [2.24, 2.45) is 0 Å². The lowest BCUT2D eigenvalue weighted by Crippen LogP contribution is -1.95. The van der Waals surface area contributed by atoms with Crippen LogP contribution in [0.4, 0.5) is 0 Å². The zero-order chi connectivity index (χ0) is 18.8. The monoisotopic (exact) mass is 332 g/mol. The summed E-state index contributed by atoms with van der Waals surface area (Å²) in [5, 5.41) is 4.34. The van der Waals surface area contributed by atoms with Gasteiger partial charge in [0.1, 0.15) is 0 Å². The first kappa shape index (κ1) is 24.7. The van der Waals surface area contributed by atoms with E-state index in [2.05, 4.69) is 63.1 Å². The predicted octanol–water partition coefficient (Wildman–Crippen LogP) is 6.72. The van der Waals surface area contributed by atoms with Crippen molar-refractivity contribution < 1.29 is 0 Å². The van der Waals surface area contributed by atoms with Crippen molar-refractivity contribution in [3.63, 3.8) is 0 Å². The Morgan fingerprint density at radius 2 is 1.21 bits per heavy atom. The van der Waals surface area contributed by atoms with E-state index in [1.165, 1.54) is 23.2 Å². The van der Waals surface area contributed by atoms with Gasteiger partial charge in [0.25, 0.3) is 0 Å². The van der Waals surface area contributed by atoms with Crippen LogP contribution in [0.1, 0.15) is 78.6 Å². The van der Waals surface area contributed by atoms with Crippen molar-refractivity contribution in [2.75, 3.05) is 0 Å². The van der Waals surface area contributed by atoms with Gasteiger partial charge in [-0.15, -0.1) is 0 Å². The molecule has 1 aromatic carbocycles. The summed E-state index contributed by atoms with van der Waals surface area (Å²) < 4.78 is 1.96. The second kappa shape index (κ2) is 17.8. The Kier molecular flexibility index (Phi) is 18.3. The number of hydrogen-bond acceptors (Lipinski definition) is 1. The van der Waals surface area contributed by atoms with Crippen LogP contribution in [-0.2, 0) is 25.8 Å². The molecule has 0 spiro atoms. The second-order valence-corrected chi connectivity index (χ2v) is 4.94. The molecule has 2 aromatic rings. The Morgan fingerprint density at radius 1 is 0.750 bits per heavy atom. The molecular weight excluding hydrogens is 292 g/mol. The molecule has 0 saturated heterocycles. The van der Waals surface area contributed by atoms with Crippen LogP contribution in [0.15, 0.2) is 36.5 Å². The number of hydrogen-bond donors (Lipinski definition) is 0. The molecule has 0 aliphatic carbocycles. The highest BCUT2D eigenvalue weighted by molar-refractivity contribution is 5.22. The highest BCUT2D eigenvalue weighted by atomic mass is 15.3. The van der Waals surface area contributed by atoms with Crippen LogP contribution in [0.25, 0.3) is 0 Å². The van der Waals surface area contributed by atoms with Gasteiger partial charge in [-0.2, -0.15) is 5.10 Å². The van der Waals surface area contributed by atoms with Crippen LogP contribution >= 0.6 is 0 Å². The maximum atomic E-state index is 4.34. The molecule has 0 aliphatic rings. The van der Waals surface area contributed by atoms with E-state index >= 15 is 0 Å². The second-order valence-electron chi connectivity index (χ2n) is 4.94. The minimum absolute atomic E-state index is 0.976. The van der Waals surface area contributed by atoms with Crippen LogP contribution in [-0.4, -0.2) is 9.78 Å². The maximum absolute atomic E-state index is 4.34. The summed E-state index contributed by atoms with van der Waals surface area (Å²) >= 11 is 0. The average molecular weight is 333 g/mol. The molecular formula is C22H40N2. The number of rotatable bonds is 5. The van der Waals surface area contributed by atoms with Crippen molar-refractivity contribution in [1.82, 2.24) is 9.78 Å². The minimum atomic E-state index is 0.976. The third-order valence-corrected chi connectivity index (χ3v) is 3.37. The molecule has 0 unspecified atom stereocenters. The van der Waals surface area contributed by atoms with E-state index in [1.54, 1.807) is 0 Å². The van der Waals surface area contributed by atoms with Gasteiger partial charge in [0.15, 0.2) is 0 Å². The van der Waals surface area contributed by atoms with Crippen LogP contribution in [0.3, 0.4) is 0 Å². The third-order valence-electron chi connectivity index (χ3n) is 3.37. The SMILES string of the molecule is CC.CC.CCCc1ccn(CC)n1.CCc1ccc(CC)cc1. The quantitative estimate of drug-likeness (QED) is 0.594. The highest BCUT2D eigenvalue weighted by Crippen LogP contribution is 2.04. The molecule has 0 atom stereocenters. The summed E-state index contributed by atoms with van der Waals surface area (Å²) in [6.07, 6.45) is 6.60. The van der Waals surface area contributed by atoms with Gasteiger partial charge in [-0.1, -0.05) is 79.2 Å². The maximum Gasteiger partial charge on any atom is 0.0624 e. The summed E-state index contributed by atoms with van der Waals surface area (Å²) in [5.74, 6) is 0. The number of aryl methyl sites for hydroxylation is 4. The van der Waals surface area contributed by atoms with E-state index in [0.29, 0.717) is 0 Å². The van der Waals surface area contributed by atoms with E-state index in [-0.39, 0.29) is 0 Å². The topological polar surface area (TPSA) is 17.8 Å². The first-order valence-corrected chi connectivity index (χ1v) is 9.83. The fourth-order valence-corrected chi connectivity index (χ4v) is 1.98. The zero-order valence-electron chi connectivity index (χ0n) is 17.4. The van der Waals surface area contributed by atoms with Crippen LogP contribution < -0.4 is 0 Å². The van der Waals surface area contributed by atoms with E-state index in [4.69, 9.17) is 0 Å². The fraction of sp³-hybridized carbons (Fsp3) is 0.591. The van der Waals surface area contributed by atoms with Crippen molar-refractivity contribution in [2.45, 2.75) is 87.6 Å². The van der Waals surface area contributed by atoms with E-state index < -0.39 is 0 Å². The molecule has 0 radical (unpaired) electrons. The summed E-state index contributed by atoms with van der Waals surface area (Å²) in [7, 11) is 0. The standard InChI is InChI=1S/C10H14.C8H14N2.2C2H6/c1-3-9-5-7-10(4-2)8-6-9;1-3-5-8-6-7-10(4-2)9-8;2*1-2/h5-8H,3-4H2,1-2H3;6-7H,3-5H2,1-2H3;2*1-2H3. The van der Waals surface area contributed by atoms with Gasteiger partial charge < -0.3 is 0 Å². The van der Waals surface area contributed by atoms with E-state index in [0.717, 1.165) is 25.8 Å². The van der Waals surface area contributed by atoms with E-state index in [1.807, 2.05) is 38.6 Å². The summed E-state index contributed by atoms with van der Waals surface area (Å²) in [4.78, 5) is 0. The van der Waals surface area contributed by atoms with Crippen molar-refractivity contribution in [3.05, 3.63) is 53.3 Å². The molecule has 2 rings (SSSR count). The molecule has 1 aromatic heterocycles. The van der Waals surface area contributed by atoms with Gasteiger partial charge in [0.2, 0.25) is 0 Å². The fourth-order valence-electron chi connectivity index (χ4n) is 1.98. The molecule has 0 amide bonds. The average Bonchev–Trinajstić information content (AvgIpc) is 3.14. The zero-order valence-corrected chi connectivity index (χ0v) is 17.4. The lowest BCUT2D eigenvalue weighted by molar-refractivity contribution is 0.644. The van der Waals surface area contributed by atoms with Crippen molar-refractivity contribution in [3.8, 4) is 0 Å². The van der Waals surface area contributed by atoms with Gasteiger partial charge in [-0.3, -0.25) is 4.68 Å². The Bertz CT molecular complexity index is 446. The highest BCUT2D eigenvalue weighted by Gasteiger charge is 1.93. The Hall–Kier alpha value is -1.57. The molecule has 0 fully saturated rings. The molecule has 138 valence electrons. The molecule has 2 nitrogen and oxygen atoms in total. The van der Waals surface area contributed by atoms with Gasteiger partial charge in [-0.05, 0) is 43.4 Å². The Balaban J connectivity index is 0. The summed E-state index contributed by atoms with van der Waals surface area (Å²) in [6, 6.07) is 10.9. The smallest absolute Gasteiger partial charge is 0.0624 e. The van der Waals surface area contributed by atoms with Crippen LogP contribution in [0.5, 0.6) is 0 Å². The van der Waals surface area contributed by atoms with Crippen LogP contribution in [0, 0.1) is 0 Å². The molecule has 0 bridgehead atoms. The lowest BCUT2D eigenvalue weighted by atomic mass is 10.1. The van der Waals surface area contributed by atoms with Crippen LogP contribution in [0.2, 0.25) is 0 Å². The van der Waals surface area contributed by atoms with Crippen molar-refractivity contribution in [1.29, 1.82) is 0 Å². The number of nitrogens with zero attached hydrogens (tertiary/aromatic N) is 2. The van der Waals surface area contributed by atoms with Gasteiger partial charge in [0, 0.05) is 12.7 Å². The largest absolute Gasteiger partial charge is 0.273 e. The Morgan fingerprint density at radius 3 is 1.50 bits per heavy atom. The van der Waals surface area contributed by atoms with Gasteiger partial charge in [-0.25, -0.2) is 0 Å². The summed E-state index contributed by atoms with van der Waals surface area (Å²) in [5.41, 5.74) is 4.07. The third kappa shape index (κ3) is 11.0. The normalized spacial score (nSPS) is 8.83. The number of benzene rings is 1. The van der Waals surface area contributed by atoms with Crippen molar-refractivity contribution >= 4 is 0 Å².